The van der Waals surface area contributed by atoms with Gasteiger partial charge in [0.05, 0.1) is 30.9 Å². The molecule has 1 amide bonds. The second-order valence-electron chi connectivity index (χ2n) is 8.05. The Labute approximate surface area is 203 Å². The lowest BCUT2D eigenvalue weighted by atomic mass is 10.1. The van der Waals surface area contributed by atoms with Crippen LogP contribution in [0, 0.1) is 0 Å². The molecule has 0 radical (unpaired) electrons. The Morgan fingerprint density at radius 3 is 2.26 bits per heavy atom. The van der Waals surface area contributed by atoms with E-state index in [0.29, 0.717) is 21.9 Å². The van der Waals surface area contributed by atoms with Crippen LogP contribution in [0.2, 0.25) is 5.02 Å². The molecule has 0 aliphatic carbocycles. The zero-order valence-electron chi connectivity index (χ0n) is 18.9. The highest BCUT2D eigenvalue weighted by atomic mass is 35.5. The van der Waals surface area contributed by atoms with Crippen LogP contribution in [0.15, 0.2) is 73.3 Å². The largest absolute Gasteiger partial charge is 0.485 e. The van der Waals surface area contributed by atoms with Crippen molar-refractivity contribution in [2.24, 2.45) is 0 Å². The molecule has 3 aromatic rings. The molecule has 1 unspecified atom stereocenters. The van der Waals surface area contributed by atoms with E-state index in [0.717, 1.165) is 0 Å². The fraction of sp³-hybridized carbons (Fsp3) is 0.280. The molecule has 1 aromatic carbocycles. The lowest BCUT2D eigenvalue weighted by molar-refractivity contribution is -0.0421. The van der Waals surface area contributed by atoms with E-state index in [-0.39, 0.29) is 25.7 Å². The first-order valence-corrected chi connectivity index (χ1v) is 11.0. The number of carbonyl (C=O) groups is 2. The molecule has 9 heteroatoms. The molecule has 0 saturated carbocycles. The van der Waals surface area contributed by atoms with E-state index in [4.69, 9.17) is 25.8 Å². The fourth-order valence-corrected chi connectivity index (χ4v) is 3.06. The number of halogens is 1. The molecule has 0 spiro atoms. The zero-order chi connectivity index (χ0) is 24.4. The van der Waals surface area contributed by atoms with E-state index in [9.17, 15) is 9.59 Å². The summed E-state index contributed by atoms with van der Waals surface area (Å²) in [5.41, 5.74) is 0.0424. The van der Waals surface area contributed by atoms with Crippen molar-refractivity contribution in [2.45, 2.75) is 25.6 Å². The second-order valence-corrected chi connectivity index (χ2v) is 8.49. The monoisotopic (exact) mass is 483 g/mol. The van der Waals surface area contributed by atoms with Gasteiger partial charge in [-0.25, -0.2) is 4.79 Å². The molecule has 0 bridgehead atoms. The van der Waals surface area contributed by atoms with Crippen molar-refractivity contribution in [1.29, 1.82) is 0 Å². The first kappa shape index (κ1) is 25.1. The van der Waals surface area contributed by atoms with Crippen LogP contribution in [0.1, 0.15) is 34.6 Å². The summed E-state index contributed by atoms with van der Waals surface area (Å²) in [6, 6.07) is 13.6. The van der Waals surface area contributed by atoms with Crippen LogP contribution < -0.4 is 10.1 Å². The molecule has 178 valence electrons. The van der Waals surface area contributed by atoms with Gasteiger partial charge in [-0.1, -0.05) is 11.6 Å². The third-order valence-electron chi connectivity index (χ3n) is 4.55. The maximum absolute atomic E-state index is 12.5. The quantitative estimate of drug-likeness (QED) is 0.412. The van der Waals surface area contributed by atoms with Crippen molar-refractivity contribution in [3.05, 3.63) is 89.5 Å². The Hall–Kier alpha value is -3.49. The number of nitrogens with one attached hydrogen (secondary N) is 1. The Balaban J connectivity index is 1.58. The molecular weight excluding hydrogens is 458 g/mol. The standard InChI is InChI=1S/C25H26ClN3O5/c1-25(2,34-21-9-7-20(26)8-10-21)17-32-16-22(33-24(31)19-6-4-12-28-14-19)15-29-23(30)18-5-3-11-27-13-18/h3-14,22H,15-17H2,1-2H3,(H,29,30). The minimum absolute atomic E-state index is 0.0483. The summed E-state index contributed by atoms with van der Waals surface area (Å²) >= 11 is 5.92. The Kier molecular flexibility index (Phi) is 8.95. The predicted octanol–water partition coefficient (Wildman–Crippen LogP) is 3.96. The summed E-state index contributed by atoms with van der Waals surface area (Å²) in [7, 11) is 0. The third-order valence-corrected chi connectivity index (χ3v) is 4.80. The summed E-state index contributed by atoms with van der Waals surface area (Å²) in [4.78, 5) is 32.8. The van der Waals surface area contributed by atoms with Crippen molar-refractivity contribution in [3.63, 3.8) is 0 Å². The van der Waals surface area contributed by atoms with Crippen molar-refractivity contribution in [3.8, 4) is 5.75 Å². The summed E-state index contributed by atoms with van der Waals surface area (Å²) in [6.45, 7) is 4.07. The van der Waals surface area contributed by atoms with E-state index in [1.54, 1.807) is 60.9 Å². The molecule has 0 saturated heterocycles. The molecule has 0 fully saturated rings. The van der Waals surface area contributed by atoms with Gasteiger partial charge in [0.1, 0.15) is 17.5 Å². The molecule has 2 aromatic heterocycles. The Morgan fingerprint density at radius 2 is 1.65 bits per heavy atom. The van der Waals surface area contributed by atoms with Gasteiger partial charge in [-0.2, -0.15) is 0 Å². The van der Waals surface area contributed by atoms with Gasteiger partial charge in [-0.15, -0.1) is 0 Å². The second kappa shape index (κ2) is 12.1. The highest BCUT2D eigenvalue weighted by Crippen LogP contribution is 2.21. The molecule has 8 nitrogen and oxygen atoms in total. The van der Waals surface area contributed by atoms with E-state index < -0.39 is 17.7 Å². The minimum Gasteiger partial charge on any atom is -0.485 e. The van der Waals surface area contributed by atoms with Gasteiger partial charge in [-0.3, -0.25) is 14.8 Å². The topological polar surface area (TPSA) is 99.6 Å². The first-order valence-electron chi connectivity index (χ1n) is 10.6. The van der Waals surface area contributed by atoms with Gasteiger partial charge < -0.3 is 19.5 Å². The first-order chi connectivity index (χ1) is 16.3. The minimum atomic E-state index is -0.736. The highest BCUT2D eigenvalue weighted by molar-refractivity contribution is 6.30. The van der Waals surface area contributed by atoms with Crippen LogP contribution in [0.4, 0.5) is 0 Å². The number of hydrogen-bond donors (Lipinski definition) is 1. The highest BCUT2D eigenvalue weighted by Gasteiger charge is 2.23. The molecule has 2 heterocycles. The van der Waals surface area contributed by atoms with Crippen molar-refractivity contribution in [2.75, 3.05) is 19.8 Å². The summed E-state index contributed by atoms with van der Waals surface area (Å²) in [6.07, 6.45) is 5.28. The molecule has 0 aliphatic heterocycles. The van der Waals surface area contributed by atoms with E-state index in [1.807, 2.05) is 13.8 Å². The van der Waals surface area contributed by atoms with Gasteiger partial charge in [-0.05, 0) is 62.4 Å². The summed E-state index contributed by atoms with van der Waals surface area (Å²) in [5.74, 6) is -0.239. The number of amides is 1. The average Bonchev–Trinajstić information content (AvgIpc) is 2.84. The SMILES string of the molecule is CC(C)(COCC(CNC(=O)c1cccnc1)OC(=O)c1cccnc1)Oc1ccc(Cl)cc1. The number of hydrogen-bond acceptors (Lipinski definition) is 7. The number of pyridine rings is 2. The number of benzene rings is 1. The zero-order valence-corrected chi connectivity index (χ0v) is 19.7. The van der Waals surface area contributed by atoms with Gasteiger partial charge in [0.25, 0.3) is 5.91 Å². The number of ether oxygens (including phenoxy) is 3. The lowest BCUT2D eigenvalue weighted by Crippen LogP contribution is -2.40. The average molecular weight is 484 g/mol. The van der Waals surface area contributed by atoms with Crippen LogP contribution in [0.25, 0.3) is 0 Å². The maximum atomic E-state index is 12.5. The number of aromatic nitrogens is 2. The molecule has 3 rings (SSSR count). The molecule has 34 heavy (non-hydrogen) atoms. The van der Waals surface area contributed by atoms with Crippen molar-refractivity contribution in [1.82, 2.24) is 15.3 Å². The van der Waals surface area contributed by atoms with Crippen LogP contribution >= 0.6 is 11.6 Å². The van der Waals surface area contributed by atoms with Crippen LogP contribution in [0.5, 0.6) is 5.75 Å². The van der Waals surface area contributed by atoms with Gasteiger partial charge in [0.2, 0.25) is 0 Å². The van der Waals surface area contributed by atoms with Crippen molar-refractivity contribution >= 4 is 23.5 Å². The molecule has 1 atom stereocenters. The smallest absolute Gasteiger partial charge is 0.340 e. The summed E-state index contributed by atoms with van der Waals surface area (Å²) in [5, 5.41) is 3.37. The maximum Gasteiger partial charge on any atom is 0.340 e. The molecular formula is C25H26ClN3O5. The third kappa shape index (κ3) is 8.13. The normalized spacial score (nSPS) is 12.0. The number of carbonyl (C=O) groups excluding carboxylic acids is 2. The van der Waals surface area contributed by atoms with Gasteiger partial charge >= 0.3 is 5.97 Å². The lowest BCUT2D eigenvalue weighted by Gasteiger charge is -2.27. The Bertz CT molecular complexity index is 1060. The van der Waals surface area contributed by atoms with Gasteiger partial charge in [0.15, 0.2) is 0 Å². The van der Waals surface area contributed by atoms with E-state index >= 15 is 0 Å². The van der Waals surface area contributed by atoms with Crippen LogP contribution in [-0.4, -0.2) is 53.3 Å². The summed E-state index contributed by atoms with van der Waals surface area (Å²) < 4.78 is 17.4. The van der Waals surface area contributed by atoms with Gasteiger partial charge in [0, 0.05) is 29.8 Å². The number of esters is 1. The number of nitrogens with zero attached hydrogens (tertiary/aromatic N) is 2. The fourth-order valence-electron chi connectivity index (χ4n) is 2.93. The van der Waals surface area contributed by atoms with Crippen LogP contribution in [-0.2, 0) is 9.47 Å². The molecule has 0 aliphatic rings. The number of rotatable bonds is 11. The van der Waals surface area contributed by atoms with E-state index in [2.05, 4.69) is 15.3 Å². The Morgan fingerprint density at radius 1 is 1.00 bits per heavy atom. The van der Waals surface area contributed by atoms with E-state index in [1.165, 1.54) is 12.4 Å². The molecule has 1 N–H and O–H groups in total. The predicted molar refractivity (Wildman–Crippen MR) is 127 cm³/mol. The van der Waals surface area contributed by atoms with Crippen LogP contribution in [0.3, 0.4) is 0 Å². The van der Waals surface area contributed by atoms with Crippen molar-refractivity contribution < 1.29 is 23.8 Å².